The summed E-state index contributed by atoms with van der Waals surface area (Å²) in [6, 6.07) is 10.2. The van der Waals surface area contributed by atoms with Crippen LogP contribution in [0.15, 0.2) is 48.6 Å². The van der Waals surface area contributed by atoms with Crippen molar-refractivity contribution in [3.8, 4) is 0 Å². The first-order valence-corrected chi connectivity index (χ1v) is 6.66. The average Bonchev–Trinajstić information content (AvgIpc) is 2.41. The van der Waals surface area contributed by atoms with E-state index in [1.807, 2.05) is 18.2 Å². The van der Waals surface area contributed by atoms with Crippen molar-refractivity contribution in [2.45, 2.75) is 37.8 Å². The largest absolute Gasteiger partial charge is 0.323 e. The molecule has 1 aliphatic carbocycles. The predicted octanol–water partition coefficient (Wildman–Crippen LogP) is 2.85. The monoisotopic (exact) mass is 242 g/mol. The van der Waals surface area contributed by atoms with Crippen molar-refractivity contribution >= 4 is 5.57 Å². The molecule has 18 heavy (non-hydrogen) atoms. The van der Waals surface area contributed by atoms with Crippen LogP contribution >= 0.6 is 0 Å². The van der Waals surface area contributed by atoms with Gasteiger partial charge in [0.05, 0.1) is 5.54 Å². The molecule has 0 fully saturated rings. The van der Waals surface area contributed by atoms with Crippen LogP contribution in [0.2, 0.25) is 0 Å². The predicted molar refractivity (Wildman–Crippen MR) is 78.0 cm³/mol. The van der Waals surface area contributed by atoms with Gasteiger partial charge < -0.3 is 11.5 Å². The number of rotatable bonds is 4. The summed E-state index contributed by atoms with van der Waals surface area (Å²) in [6.07, 6.45) is 9.48. The maximum atomic E-state index is 6.37. The summed E-state index contributed by atoms with van der Waals surface area (Å²) >= 11 is 0. The molecule has 0 aromatic heterocycles. The summed E-state index contributed by atoms with van der Waals surface area (Å²) in [7, 11) is 0. The highest BCUT2D eigenvalue weighted by Crippen LogP contribution is 2.27. The second-order valence-electron chi connectivity index (χ2n) is 5.06. The highest BCUT2D eigenvalue weighted by atomic mass is 14.8. The van der Waals surface area contributed by atoms with Gasteiger partial charge in [-0.05, 0) is 17.6 Å². The molecule has 0 saturated heterocycles. The van der Waals surface area contributed by atoms with E-state index in [0.717, 1.165) is 19.3 Å². The Bertz CT molecular complexity index is 447. The molecule has 2 rings (SSSR count). The lowest BCUT2D eigenvalue weighted by atomic mass is 9.80. The highest BCUT2D eigenvalue weighted by molar-refractivity contribution is 5.76. The van der Waals surface area contributed by atoms with E-state index in [1.54, 1.807) is 0 Å². The Morgan fingerprint density at radius 2 is 1.94 bits per heavy atom. The fourth-order valence-corrected chi connectivity index (χ4v) is 2.32. The average molecular weight is 242 g/mol. The van der Waals surface area contributed by atoms with Crippen LogP contribution < -0.4 is 11.5 Å². The molecule has 0 heterocycles. The van der Waals surface area contributed by atoms with Crippen molar-refractivity contribution in [3.05, 3.63) is 54.1 Å². The van der Waals surface area contributed by atoms with Crippen molar-refractivity contribution in [1.82, 2.24) is 0 Å². The van der Waals surface area contributed by atoms with E-state index in [4.69, 9.17) is 11.5 Å². The van der Waals surface area contributed by atoms with E-state index < -0.39 is 0 Å². The Hall–Kier alpha value is -1.38. The third-order valence-electron chi connectivity index (χ3n) is 3.62. The molecular weight excluding hydrogens is 220 g/mol. The van der Waals surface area contributed by atoms with Crippen molar-refractivity contribution in [2.75, 3.05) is 0 Å². The molecule has 0 amide bonds. The molecule has 1 aromatic rings. The second kappa shape index (κ2) is 5.51. The molecule has 2 unspecified atom stereocenters. The molecule has 2 heteroatoms. The third-order valence-corrected chi connectivity index (χ3v) is 3.62. The van der Waals surface area contributed by atoms with Gasteiger partial charge in [0.25, 0.3) is 0 Å². The number of unbranched alkanes of at least 4 members (excludes halogenated alkanes) is 1. The molecule has 0 saturated carbocycles. The highest BCUT2D eigenvalue weighted by Gasteiger charge is 2.30. The lowest BCUT2D eigenvalue weighted by Gasteiger charge is -2.34. The lowest BCUT2D eigenvalue weighted by molar-refractivity contribution is 0.421. The number of hydrogen-bond acceptors (Lipinski definition) is 2. The SMILES string of the molecule is CCCCC1(N)C=CC(c2ccccc2)=CC1N. The van der Waals surface area contributed by atoms with E-state index in [1.165, 1.54) is 11.1 Å². The standard InChI is InChI=1S/C16H22N2/c1-2-3-10-16(18)11-9-14(12-15(16)17)13-7-5-4-6-8-13/h4-9,11-12,15H,2-3,10,17-18H2,1H3. The van der Waals surface area contributed by atoms with Gasteiger partial charge in [-0.3, -0.25) is 0 Å². The minimum absolute atomic E-state index is 0.107. The zero-order valence-corrected chi connectivity index (χ0v) is 11.0. The van der Waals surface area contributed by atoms with E-state index in [2.05, 4.69) is 37.3 Å². The summed E-state index contributed by atoms with van der Waals surface area (Å²) < 4.78 is 0. The summed E-state index contributed by atoms with van der Waals surface area (Å²) in [6.45, 7) is 2.17. The fraction of sp³-hybridized carbons (Fsp3) is 0.375. The van der Waals surface area contributed by atoms with E-state index in [0.29, 0.717) is 0 Å². The molecule has 0 spiro atoms. The normalized spacial score (nSPS) is 27.1. The van der Waals surface area contributed by atoms with Crippen LogP contribution in [-0.4, -0.2) is 11.6 Å². The van der Waals surface area contributed by atoms with Crippen molar-refractivity contribution in [3.63, 3.8) is 0 Å². The van der Waals surface area contributed by atoms with Gasteiger partial charge in [-0.1, -0.05) is 68.3 Å². The van der Waals surface area contributed by atoms with Gasteiger partial charge in [-0.2, -0.15) is 0 Å². The summed E-state index contributed by atoms with van der Waals surface area (Å²) in [5.74, 6) is 0. The van der Waals surface area contributed by atoms with Crippen LogP contribution in [0.4, 0.5) is 0 Å². The van der Waals surface area contributed by atoms with Crippen molar-refractivity contribution in [1.29, 1.82) is 0 Å². The second-order valence-corrected chi connectivity index (χ2v) is 5.06. The topological polar surface area (TPSA) is 52.0 Å². The Balaban J connectivity index is 2.17. The van der Waals surface area contributed by atoms with E-state index in [9.17, 15) is 0 Å². The quantitative estimate of drug-likeness (QED) is 0.853. The van der Waals surface area contributed by atoms with Gasteiger partial charge in [-0.25, -0.2) is 0 Å². The maximum Gasteiger partial charge on any atom is 0.0532 e. The third kappa shape index (κ3) is 2.71. The van der Waals surface area contributed by atoms with E-state index in [-0.39, 0.29) is 11.6 Å². The Kier molecular flexibility index (Phi) is 4.00. The number of hydrogen-bond donors (Lipinski definition) is 2. The van der Waals surface area contributed by atoms with Crippen LogP contribution in [-0.2, 0) is 0 Å². The Morgan fingerprint density at radius 1 is 1.22 bits per heavy atom. The number of nitrogens with two attached hydrogens (primary N) is 2. The summed E-state index contributed by atoms with van der Waals surface area (Å²) in [4.78, 5) is 0. The van der Waals surface area contributed by atoms with Gasteiger partial charge in [0.2, 0.25) is 0 Å². The maximum absolute atomic E-state index is 6.37. The number of allylic oxidation sites excluding steroid dienone is 2. The first-order chi connectivity index (χ1) is 8.65. The molecule has 0 bridgehead atoms. The van der Waals surface area contributed by atoms with Crippen molar-refractivity contribution < 1.29 is 0 Å². The molecule has 2 nitrogen and oxygen atoms in total. The molecule has 1 aliphatic rings. The van der Waals surface area contributed by atoms with Gasteiger partial charge in [0, 0.05) is 6.04 Å². The van der Waals surface area contributed by atoms with Crippen molar-refractivity contribution in [2.24, 2.45) is 11.5 Å². The molecule has 96 valence electrons. The minimum Gasteiger partial charge on any atom is -0.323 e. The minimum atomic E-state index is -0.381. The molecule has 4 N–H and O–H groups in total. The summed E-state index contributed by atoms with van der Waals surface area (Å²) in [5, 5.41) is 0. The van der Waals surface area contributed by atoms with E-state index >= 15 is 0 Å². The van der Waals surface area contributed by atoms with Crippen LogP contribution in [0.3, 0.4) is 0 Å². The van der Waals surface area contributed by atoms with Crippen LogP contribution in [0.25, 0.3) is 5.57 Å². The van der Waals surface area contributed by atoms with Crippen LogP contribution in [0.5, 0.6) is 0 Å². The van der Waals surface area contributed by atoms with Crippen LogP contribution in [0, 0.1) is 0 Å². The Labute approximate surface area is 109 Å². The lowest BCUT2D eigenvalue weighted by Crippen LogP contribution is -2.53. The first kappa shape index (κ1) is 13.1. The van der Waals surface area contributed by atoms with Crippen LogP contribution in [0.1, 0.15) is 31.7 Å². The molecule has 0 radical (unpaired) electrons. The van der Waals surface area contributed by atoms with Gasteiger partial charge in [-0.15, -0.1) is 0 Å². The van der Waals surface area contributed by atoms with Gasteiger partial charge in [0.15, 0.2) is 0 Å². The van der Waals surface area contributed by atoms with Gasteiger partial charge in [0.1, 0.15) is 0 Å². The summed E-state index contributed by atoms with van der Waals surface area (Å²) in [5.41, 5.74) is 14.6. The zero-order valence-electron chi connectivity index (χ0n) is 11.0. The first-order valence-electron chi connectivity index (χ1n) is 6.66. The van der Waals surface area contributed by atoms with Gasteiger partial charge >= 0.3 is 0 Å². The zero-order chi connectivity index (χ0) is 13.0. The molecule has 2 atom stereocenters. The fourth-order valence-electron chi connectivity index (χ4n) is 2.32. The smallest absolute Gasteiger partial charge is 0.0532 e. The molecular formula is C16H22N2. The molecule has 0 aliphatic heterocycles. The molecule has 1 aromatic carbocycles. The number of benzene rings is 1. The Morgan fingerprint density at radius 3 is 2.56 bits per heavy atom.